The summed E-state index contributed by atoms with van der Waals surface area (Å²) in [5.41, 5.74) is 0. The molecule has 2 atom stereocenters. The predicted octanol–water partition coefficient (Wildman–Crippen LogP) is 1.01. The fourth-order valence-corrected chi connectivity index (χ4v) is 0.698. The molecule has 2 unspecified atom stereocenters. The van der Waals surface area contributed by atoms with Crippen molar-refractivity contribution in [2.24, 2.45) is 10.3 Å². The van der Waals surface area contributed by atoms with Gasteiger partial charge in [-0.2, -0.15) is 5.11 Å². The highest BCUT2D eigenvalue weighted by Crippen LogP contribution is 2.15. The Balaban J connectivity index is 2.51. The largest absolute Gasteiger partial charge is 0.258 e. The van der Waals surface area contributed by atoms with Gasteiger partial charge in [0.25, 0.3) is 0 Å². The molecule has 1 aliphatic heterocycles. The lowest BCUT2D eigenvalue weighted by molar-refractivity contribution is -0.149. The minimum atomic E-state index is 0.255. The molecule has 0 bridgehead atoms. The van der Waals surface area contributed by atoms with Crippen molar-refractivity contribution in [2.45, 2.75) is 25.9 Å². The van der Waals surface area contributed by atoms with Gasteiger partial charge >= 0.3 is 0 Å². The maximum atomic E-state index is 4.87. The van der Waals surface area contributed by atoms with Crippen LogP contribution >= 0.6 is 0 Å². The molecule has 0 saturated carbocycles. The average Bonchev–Trinajstić information content (AvgIpc) is 2.15. The molecular weight excluding hydrogens is 118 g/mol. The lowest BCUT2D eigenvalue weighted by Gasteiger charge is -2.15. The zero-order valence-corrected chi connectivity index (χ0v) is 5.90. The van der Waals surface area contributed by atoms with Crippen LogP contribution in [0.2, 0.25) is 0 Å². The average molecular weight is 129 g/mol. The number of hydrogen-bond acceptors (Lipinski definition) is 4. The van der Waals surface area contributed by atoms with Gasteiger partial charge in [0.1, 0.15) is 0 Å². The van der Waals surface area contributed by atoms with E-state index in [-0.39, 0.29) is 12.1 Å². The minimum Gasteiger partial charge on any atom is -0.258 e. The Hall–Kier alpha value is -0.640. The van der Waals surface area contributed by atoms with Gasteiger partial charge in [-0.05, 0) is 19.1 Å². The maximum absolute atomic E-state index is 4.87. The first-order chi connectivity index (χ1) is 4.25. The van der Waals surface area contributed by atoms with E-state index in [1.165, 1.54) is 5.17 Å². The van der Waals surface area contributed by atoms with Crippen LogP contribution in [-0.4, -0.2) is 24.4 Å². The Bertz CT molecular complexity index is 125. The molecule has 0 aromatic heterocycles. The van der Waals surface area contributed by atoms with Gasteiger partial charge in [-0.1, -0.05) is 0 Å². The van der Waals surface area contributed by atoms with Gasteiger partial charge in [0, 0.05) is 0 Å². The van der Waals surface area contributed by atoms with Gasteiger partial charge in [0.15, 0.2) is 0 Å². The van der Waals surface area contributed by atoms with Crippen molar-refractivity contribution in [1.29, 1.82) is 0 Å². The third kappa shape index (κ3) is 1.03. The molecule has 9 heavy (non-hydrogen) atoms. The smallest absolute Gasteiger partial charge is 0.0985 e. The van der Waals surface area contributed by atoms with Crippen molar-refractivity contribution in [1.82, 2.24) is 5.17 Å². The highest BCUT2D eigenvalue weighted by atomic mass is 16.7. The Labute approximate surface area is 54.4 Å². The molecule has 0 aromatic rings. The van der Waals surface area contributed by atoms with Crippen LogP contribution in [0.3, 0.4) is 0 Å². The second kappa shape index (κ2) is 2.31. The summed E-state index contributed by atoms with van der Waals surface area (Å²) in [6.07, 6.45) is 0. The summed E-state index contributed by atoms with van der Waals surface area (Å²) in [5.74, 6) is 0. The van der Waals surface area contributed by atoms with Crippen LogP contribution in [0.1, 0.15) is 13.8 Å². The van der Waals surface area contributed by atoms with Gasteiger partial charge in [-0.3, -0.25) is 4.84 Å². The summed E-state index contributed by atoms with van der Waals surface area (Å²) < 4.78 is 0. The monoisotopic (exact) mass is 129 g/mol. The first-order valence-corrected chi connectivity index (χ1v) is 3.00. The second-order valence-corrected chi connectivity index (χ2v) is 2.17. The summed E-state index contributed by atoms with van der Waals surface area (Å²) in [6, 6.07) is 0.528. The van der Waals surface area contributed by atoms with E-state index in [0.29, 0.717) is 0 Å². The van der Waals surface area contributed by atoms with Crippen LogP contribution in [0.4, 0.5) is 0 Å². The van der Waals surface area contributed by atoms with Crippen molar-refractivity contribution < 1.29 is 4.84 Å². The fourth-order valence-electron chi connectivity index (χ4n) is 0.698. The molecule has 1 heterocycles. The van der Waals surface area contributed by atoms with Gasteiger partial charge in [-0.25, -0.2) is 0 Å². The molecule has 0 fully saturated rings. The van der Waals surface area contributed by atoms with Gasteiger partial charge in [-0.15, -0.1) is 5.17 Å². The zero-order valence-electron chi connectivity index (χ0n) is 5.90. The first-order valence-electron chi connectivity index (χ1n) is 3.00. The van der Waals surface area contributed by atoms with E-state index in [0.717, 1.165) is 0 Å². The second-order valence-electron chi connectivity index (χ2n) is 2.17. The molecule has 0 saturated heterocycles. The Morgan fingerprint density at radius 2 is 2.11 bits per heavy atom. The van der Waals surface area contributed by atoms with Gasteiger partial charge < -0.3 is 0 Å². The highest BCUT2D eigenvalue weighted by molar-refractivity contribution is 4.74. The number of nitrogens with zero attached hydrogens (tertiary/aromatic N) is 3. The normalized spacial score (nSPS) is 33.9. The van der Waals surface area contributed by atoms with Crippen LogP contribution in [0.5, 0.6) is 0 Å². The molecular formula is C5H11N3O. The SMILES string of the molecule is CON1N=NC(C)C1C. The number of rotatable bonds is 1. The molecule has 0 aromatic carbocycles. The van der Waals surface area contributed by atoms with Crippen LogP contribution < -0.4 is 0 Å². The van der Waals surface area contributed by atoms with Crippen molar-refractivity contribution in [3.63, 3.8) is 0 Å². The molecule has 52 valence electrons. The molecule has 0 aliphatic carbocycles. The van der Waals surface area contributed by atoms with E-state index in [2.05, 4.69) is 10.3 Å². The molecule has 1 rings (SSSR count). The number of hydroxylamine groups is 1. The van der Waals surface area contributed by atoms with E-state index in [9.17, 15) is 0 Å². The van der Waals surface area contributed by atoms with Gasteiger partial charge in [0.05, 0.1) is 19.2 Å². The Morgan fingerprint density at radius 3 is 2.33 bits per heavy atom. The standard InChI is InChI=1S/C5H11N3O/c1-4-5(2)8(9-3)7-6-4/h4-5H,1-3H3. The quantitative estimate of drug-likeness (QED) is 0.529. The van der Waals surface area contributed by atoms with Crippen LogP contribution in [0.15, 0.2) is 10.3 Å². The third-order valence-corrected chi connectivity index (χ3v) is 1.56. The predicted molar refractivity (Wildman–Crippen MR) is 32.6 cm³/mol. The summed E-state index contributed by atoms with van der Waals surface area (Å²) in [5, 5.41) is 9.15. The third-order valence-electron chi connectivity index (χ3n) is 1.56. The Morgan fingerprint density at radius 1 is 1.44 bits per heavy atom. The molecule has 4 nitrogen and oxygen atoms in total. The van der Waals surface area contributed by atoms with Gasteiger partial charge in [0.2, 0.25) is 0 Å². The first kappa shape index (κ1) is 6.48. The van der Waals surface area contributed by atoms with Crippen molar-refractivity contribution in [2.75, 3.05) is 7.11 Å². The number of hydrogen-bond donors (Lipinski definition) is 0. The van der Waals surface area contributed by atoms with E-state index in [1.807, 2.05) is 13.8 Å². The lowest BCUT2D eigenvalue weighted by atomic mass is 10.2. The molecule has 4 heteroatoms. The zero-order chi connectivity index (χ0) is 6.85. The van der Waals surface area contributed by atoms with Crippen LogP contribution in [-0.2, 0) is 4.84 Å². The topological polar surface area (TPSA) is 37.2 Å². The molecule has 0 N–H and O–H groups in total. The van der Waals surface area contributed by atoms with E-state index < -0.39 is 0 Å². The maximum Gasteiger partial charge on any atom is 0.0985 e. The Kier molecular flexibility index (Phi) is 1.66. The summed E-state index contributed by atoms with van der Waals surface area (Å²) in [4.78, 5) is 4.87. The summed E-state index contributed by atoms with van der Waals surface area (Å²) in [6.45, 7) is 4.03. The molecule has 1 aliphatic rings. The highest BCUT2D eigenvalue weighted by Gasteiger charge is 2.24. The van der Waals surface area contributed by atoms with Crippen molar-refractivity contribution in [3.8, 4) is 0 Å². The molecule has 0 spiro atoms. The molecule has 0 radical (unpaired) electrons. The van der Waals surface area contributed by atoms with Crippen LogP contribution in [0.25, 0.3) is 0 Å². The molecule has 0 amide bonds. The summed E-state index contributed by atoms with van der Waals surface area (Å²) >= 11 is 0. The van der Waals surface area contributed by atoms with E-state index in [4.69, 9.17) is 4.84 Å². The van der Waals surface area contributed by atoms with E-state index in [1.54, 1.807) is 7.11 Å². The van der Waals surface area contributed by atoms with E-state index >= 15 is 0 Å². The summed E-state index contributed by atoms with van der Waals surface area (Å²) in [7, 11) is 1.59. The van der Waals surface area contributed by atoms with Crippen molar-refractivity contribution >= 4 is 0 Å². The van der Waals surface area contributed by atoms with Crippen molar-refractivity contribution in [3.05, 3.63) is 0 Å². The van der Waals surface area contributed by atoms with Crippen LogP contribution in [0, 0.1) is 0 Å². The fraction of sp³-hybridized carbons (Fsp3) is 1.00. The lowest BCUT2D eigenvalue weighted by Crippen LogP contribution is -2.29. The minimum absolute atomic E-state index is 0.255.